The monoisotopic (exact) mass is 718 g/mol. The van der Waals surface area contributed by atoms with Crippen LogP contribution in [0.15, 0.2) is 34.8 Å². The Morgan fingerprint density at radius 1 is 0.578 bits per heavy atom. The maximum absolute atomic E-state index is 6.96. The van der Waals surface area contributed by atoms with Gasteiger partial charge in [-0.25, -0.2) is 0 Å². The van der Waals surface area contributed by atoms with Crippen molar-refractivity contribution in [3.63, 3.8) is 0 Å². The zero-order chi connectivity index (χ0) is 34.3. The van der Waals surface area contributed by atoms with Gasteiger partial charge in [0.25, 0.3) is 16.6 Å². The van der Waals surface area contributed by atoms with Gasteiger partial charge in [0.05, 0.1) is 17.7 Å². The summed E-state index contributed by atoms with van der Waals surface area (Å²) in [4.78, 5) is 0. The Labute approximate surface area is 286 Å². The van der Waals surface area contributed by atoms with E-state index in [1.165, 1.54) is 11.1 Å². The van der Waals surface area contributed by atoms with Crippen LogP contribution in [0.1, 0.15) is 122 Å². The molecule has 7 heteroatoms. The lowest BCUT2D eigenvalue weighted by atomic mass is 9.86. The molecule has 2 heterocycles. The summed E-state index contributed by atoms with van der Waals surface area (Å²) in [5.41, 5.74) is 5.92. The van der Waals surface area contributed by atoms with Gasteiger partial charge in [-0.3, -0.25) is 0 Å². The number of hydrogen-bond acceptors (Lipinski definition) is 4. The van der Waals surface area contributed by atoms with Gasteiger partial charge in [0.2, 0.25) is 0 Å². The van der Waals surface area contributed by atoms with Crippen LogP contribution in [0, 0.1) is 0 Å². The molecule has 45 heavy (non-hydrogen) atoms. The quantitative estimate of drug-likeness (QED) is 0.229. The van der Waals surface area contributed by atoms with Crippen LogP contribution in [0.3, 0.4) is 0 Å². The van der Waals surface area contributed by atoms with Gasteiger partial charge in [0, 0.05) is 22.0 Å². The Hall–Kier alpha value is -1.45. The third kappa shape index (κ3) is 7.06. The third-order valence-electron chi connectivity index (χ3n) is 10.6. The second-order valence-electron chi connectivity index (χ2n) is 16.6. The van der Waals surface area contributed by atoms with E-state index in [1.807, 2.05) is 0 Å². The highest BCUT2D eigenvalue weighted by atomic mass is 79.9. The molecule has 4 rings (SSSR count). The second-order valence-corrected chi connectivity index (χ2v) is 28.2. The molecule has 0 aliphatic carbocycles. The summed E-state index contributed by atoms with van der Waals surface area (Å²) in [6, 6.07) is 10.5. The average Bonchev–Trinajstić information content (AvgIpc) is 3.42. The summed E-state index contributed by atoms with van der Waals surface area (Å²) in [7, 11) is -3.89. The van der Waals surface area contributed by atoms with Crippen molar-refractivity contribution in [3.05, 3.63) is 45.9 Å². The molecule has 2 aliphatic rings. The van der Waals surface area contributed by atoms with E-state index in [0.717, 1.165) is 34.1 Å². The van der Waals surface area contributed by atoms with Crippen LogP contribution < -0.4 is 18.3 Å². The molecule has 0 spiro atoms. The van der Waals surface area contributed by atoms with Crippen molar-refractivity contribution < 1.29 is 18.3 Å². The van der Waals surface area contributed by atoms with Gasteiger partial charge < -0.3 is 18.3 Å². The molecule has 0 amide bonds. The minimum Gasteiger partial charge on any atom is -0.542 e. The molecule has 2 aromatic rings. The molecule has 0 saturated carbocycles. The molecular weight excluding hydrogens is 656 g/mol. The second kappa shape index (κ2) is 14.0. The Balaban J connectivity index is 0.000000246. The van der Waals surface area contributed by atoms with Crippen molar-refractivity contribution in [3.8, 4) is 23.0 Å². The smallest absolute Gasteiger partial charge is 0.258 e. The van der Waals surface area contributed by atoms with E-state index in [0.29, 0.717) is 39.9 Å². The summed E-state index contributed by atoms with van der Waals surface area (Å²) >= 11 is 3.63. The fraction of sp³-hybridized carbons (Fsp3) is 0.684. The van der Waals surface area contributed by atoms with Gasteiger partial charge in [0.15, 0.2) is 0 Å². The van der Waals surface area contributed by atoms with Crippen molar-refractivity contribution in [2.24, 2.45) is 0 Å². The van der Waals surface area contributed by atoms with E-state index in [-0.39, 0.29) is 10.8 Å². The molecule has 0 saturated heterocycles. The SMILES string of the molecule is CC(C)[Si](Oc1ccc(Br)c2c1C(C)(C)CO2)(C(C)C)C(C)C.CC(C)[Si](Oc1cccc2c1C(C)(C)CO2)(C(C)C)C(C)C. The van der Waals surface area contributed by atoms with E-state index < -0.39 is 16.6 Å². The van der Waals surface area contributed by atoms with E-state index in [4.69, 9.17) is 18.3 Å². The summed E-state index contributed by atoms with van der Waals surface area (Å²) in [6.45, 7) is 38.4. The summed E-state index contributed by atoms with van der Waals surface area (Å²) in [5.74, 6) is 4.06. The van der Waals surface area contributed by atoms with E-state index >= 15 is 0 Å². The highest BCUT2D eigenvalue weighted by Crippen LogP contribution is 2.52. The Bertz CT molecular complexity index is 1270. The van der Waals surface area contributed by atoms with Crippen LogP contribution in [-0.4, -0.2) is 29.8 Å². The first-order valence-corrected chi connectivity index (χ1v) is 22.3. The molecule has 0 bridgehead atoms. The van der Waals surface area contributed by atoms with Gasteiger partial charge in [-0.1, -0.05) is 117 Å². The van der Waals surface area contributed by atoms with Crippen molar-refractivity contribution in [1.82, 2.24) is 0 Å². The molecule has 0 aromatic heterocycles. The number of halogens is 1. The maximum Gasteiger partial charge on any atom is 0.258 e. The Morgan fingerprint density at radius 2 is 0.978 bits per heavy atom. The van der Waals surface area contributed by atoms with Gasteiger partial charge in [0.1, 0.15) is 23.0 Å². The molecule has 0 unspecified atom stereocenters. The zero-order valence-electron chi connectivity index (χ0n) is 31.3. The molecule has 0 atom stereocenters. The van der Waals surface area contributed by atoms with E-state index in [2.05, 4.69) is 157 Å². The fourth-order valence-electron chi connectivity index (χ4n) is 8.53. The number of hydrogen-bond donors (Lipinski definition) is 0. The molecule has 0 radical (unpaired) electrons. The zero-order valence-corrected chi connectivity index (χ0v) is 34.9. The minimum absolute atomic E-state index is 0.0144. The van der Waals surface area contributed by atoms with Gasteiger partial charge in [-0.15, -0.1) is 0 Å². The lowest BCUT2D eigenvalue weighted by Gasteiger charge is -2.43. The summed E-state index contributed by atoms with van der Waals surface area (Å²) in [5, 5.41) is 0. The van der Waals surface area contributed by atoms with Crippen molar-refractivity contribution >= 4 is 32.6 Å². The number of rotatable bonds is 10. The standard InChI is InChI=1S/C19H31BrO2Si.C19H32O2Si/c1-12(2)23(13(3)4,14(5)6)22-16-10-9-15(20)18-17(16)19(7,8)11-21-18;1-13(2)22(14(3)4,15(5)6)21-17-11-9-10-16-18(17)19(7,8)12-20-16/h9-10,12-14H,11H2,1-8H3;9-11,13-15H,12H2,1-8H3. The first-order chi connectivity index (χ1) is 20.7. The van der Waals surface area contributed by atoms with E-state index in [9.17, 15) is 0 Å². The normalized spacial score (nSPS) is 17.0. The first-order valence-electron chi connectivity index (χ1n) is 17.3. The molecule has 2 aliphatic heterocycles. The minimum atomic E-state index is -1.96. The third-order valence-corrected chi connectivity index (χ3v) is 23.2. The molecule has 2 aromatic carbocycles. The van der Waals surface area contributed by atoms with Crippen LogP contribution >= 0.6 is 15.9 Å². The first kappa shape index (κ1) is 38.0. The molecule has 0 N–H and O–H groups in total. The summed E-state index contributed by atoms with van der Waals surface area (Å²) in [6.07, 6.45) is 0. The average molecular weight is 720 g/mol. The molecule has 0 fully saturated rings. The van der Waals surface area contributed by atoms with Crippen molar-refractivity contribution in [2.75, 3.05) is 13.2 Å². The Morgan fingerprint density at radius 3 is 1.42 bits per heavy atom. The number of fused-ring (bicyclic) bond motifs is 2. The topological polar surface area (TPSA) is 36.9 Å². The lowest BCUT2D eigenvalue weighted by Crippen LogP contribution is -2.51. The Kier molecular flexibility index (Phi) is 11.8. The van der Waals surface area contributed by atoms with E-state index in [1.54, 1.807) is 0 Å². The van der Waals surface area contributed by atoms with Gasteiger partial charge in [-0.2, -0.15) is 0 Å². The predicted molar refractivity (Wildman–Crippen MR) is 201 cm³/mol. The van der Waals surface area contributed by atoms with Gasteiger partial charge in [-0.05, 0) is 73.4 Å². The molecule has 4 nitrogen and oxygen atoms in total. The maximum atomic E-state index is 6.96. The van der Waals surface area contributed by atoms with Crippen LogP contribution in [0.25, 0.3) is 0 Å². The van der Waals surface area contributed by atoms with Crippen LogP contribution in [-0.2, 0) is 10.8 Å². The largest absolute Gasteiger partial charge is 0.542 e. The summed E-state index contributed by atoms with van der Waals surface area (Å²) < 4.78 is 26.8. The van der Waals surface area contributed by atoms with Crippen LogP contribution in [0.4, 0.5) is 0 Å². The van der Waals surface area contributed by atoms with Crippen LogP contribution in [0.2, 0.25) is 33.2 Å². The highest BCUT2D eigenvalue weighted by molar-refractivity contribution is 9.10. The van der Waals surface area contributed by atoms with Gasteiger partial charge >= 0.3 is 0 Å². The highest BCUT2D eigenvalue weighted by Gasteiger charge is 2.50. The number of ether oxygens (including phenoxy) is 2. The van der Waals surface area contributed by atoms with Crippen molar-refractivity contribution in [2.45, 2.75) is 155 Å². The lowest BCUT2D eigenvalue weighted by molar-refractivity contribution is 0.289. The molecular formula is C38H63BrO4Si2. The van der Waals surface area contributed by atoms with Crippen molar-refractivity contribution in [1.29, 1.82) is 0 Å². The molecule has 254 valence electrons. The fourth-order valence-corrected chi connectivity index (χ4v) is 19.5. The predicted octanol–water partition coefficient (Wildman–Crippen LogP) is 12.6. The van der Waals surface area contributed by atoms with Crippen LogP contribution in [0.5, 0.6) is 23.0 Å². The number of benzene rings is 2.